The van der Waals surface area contributed by atoms with Gasteiger partial charge in [-0.1, -0.05) is 6.92 Å². The van der Waals surface area contributed by atoms with Crippen molar-refractivity contribution in [3.05, 3.63) is 11.9 Å². The standard InChI is InChI=1S/C15H26N6/c1-2-5-13-17-14(19-16)10-15(18-13)21-9-4-8-20-7-3-6-12(20)11-21/h10,12H,2-9,11,16H2,1H3,(H,17,18,19). The molecule has 0 saturated carbocycles. The topological polar surface area (TPSA) is 70.3 Å². The van der Waals surface area contributed by atoms with Crippen molar-refractivity contribution < 1.29 is 0 Å². The van der Waals surface area contributed by atoms with Crippen LogP contribution in [0.4, 0.5) is 11.6 Å². The van der Waals surface area contributed by atoms with E-state index in [9.17, 15) is 0 Å². The molecule has 2 aliphatic rings. The molecule has 2 saturated heterocycles. The number of rotatable bonds is 4. The summed E-state index contributed by atoms with van der Waals surface area (Å²) >= 11 is 0. The van der Waals surface area contributed by atoms with Gasteiger partial charge in [-0.15, -0.1) is 0 Å². The molecule has 0 spiro atoms. The number of anilines is 2. The van der Waals surface area contributed by atoms with Gasteiger partial charge >= 0.3 is 0 Å². The molecule has 1 aromatic rings. The Hall–Kier alpha value is -1.40. The first-order valence-corrected chi connectivity index (χ1v) is 8.13. The lowest BCUT2D eigenvalue weighted by molar-refractivity contribution is 0.273. The Bertz CT molecular complexity index is 477. The van der Waals surface area contributed by atoms with E-state index in [1.807, 2.05) is 6.07 Å². The van der Waals surface area contributed by atoms with Crippen LogP contribution in [0, 0.1) is 0 Å². The maximum atomic E-state index is 5.56. The lowest BCUT2D eigenvalue weighted by atomic mass is 10.2. The van der Waals surface area contributed by atoms with Crippen LogP contribution in [0.15, 0.2) is 6.07 Å². The van der Waals surface area contributed by atoms with Crippen LogP contribution in [-0.4, -0.2) is 47.1 Å². The summed E-state index contributed by atoms with van der Waals surface area (Å²) in [4.78, 5) is 14.2. The second-order valence-electron chi connectivity index (χ2n) is 6.05. The highest BCUT2D eigenvalue weighted by atomic mass is 15.3. The molecular formula is C15H26N6. The SMILES string of the molecule is CCCc1nc(NN)cc(N2CCCN3CCCC3C2)n1. The van der Waals surface area contributed by atoms with Crippen molar-refractivity contribution in [3.63, 3.8) is 0 Å². The normalized spacial score (nSPS) is 23.0. The molecule has 0 bridgehead atoms. The lowest BCUT2D eigenvalue weighted by Crippen LogP contribution is -2.37. The summed E-state index contributed by atoms with van der Waals surface area (Å²) in [7, 11) is 0. The molecule has 2 fully saturated rings. The van der Waals surface area contributed by atoms with Crippen molar-refractivity contribution >= 4 is 11.6 Å². The first-order valence-electron chi connectivity index (χ1n) is 8.13. The Balaban J connectivity index is 1.82. The average molecular weight is 290 g/mol. The quantitative estimate of drug-likeness (QED) is 0.645. The van der Waals surface area contributed by atoms with E-state index in [-0.39, 0.29) is 0 Å². The van der Waals surface area contributed by atoms with Crippen molar-refractivity contribution in [1.82, 2.24) is 14.9 Å². The van der Waals surface area contributed by atoms with Crippen LogP contribution in [-0.2, 0) is 6.42 Å². The predicted octanol–water partition coefficient (Wildman–Crippen LogP) is 1.39. The Morgan fingerprint density at radius 2 is 2.14 bits per heavy atom. The third kappa shape index (κ3) is 3.27. The van der Waals surface area contributed by atoms with Crippen LogP contribution in [0.5, 0.6) is 0 Å². The molecule has 116 valence electrons. The Kier molecular flexibility index (Phi) is 4.55. The van der Waals surface area contributed by atoms with Gasteiger partial charge in [-0.2, -0.15) is 0 Å². The Labute approximate surface area is 126 Å². The third-order valence-electron chi connectivity index (χ3n) is 4.51. The number of hydrazine groups is 1. The zero-order valence-corrected chi connectivity index (χ0v) is 12.9. The van der Waals surface area contributed by atoms with Crippen LogP contribution < -0.4 is 16.2 Å². The average Bonchev–Trinajstić information content (AvgIpc) is 2.84. The smallest absolute Gasteiger partial charge is 0.145 e. The van der Waals surface area contributed by atoms with E-state index in [1.54, 1.807) is 0 Å². The lowest BCUT2D eigenvalue weighted by Gasteiger charge is -2.27. The van der Waals surface area contributed by atoms with E-state index < -0.39 is 0 Å². The molecular weight excluding hydrogens is 264 g/mol. The molecule has 0 aromatic carbocycles. The summed E-state index contributed by atoms with van der Waals surface area (Å²) in [6, 6.07) is 2.66. The monoisotopic (exact) mass is 290 g/mol. The Morgan fingerprint density at radius 1 is 1.29 bits per heavy atom. The van der Waals surface area contributed by atoms with Gasteiger partial charge in [-0.3, -0.25) is 4.90 Å². The fourth-order valence-corrected chi connectivity index (χ4v) is 3.47. The molecule has 3 heterocycles. The van der Waals surface area contributed by atoms with E-state index in [4.69, 9.17) is 10.8 Å². The molecule has 6 heteroatoms. The first-order chi connectivity index (χ1) is 10.3. The Morgan fingerprint density at radius 3 is 2.95 bits per heavy atom. The number of nitrogens with zero attached hydrogens (tertiary/aromatic N) is 4. The molecule has 1 unspecified atom stereocenters. The van der Waals surface area contributed by atoms with Crippen LogP contribution in [0.1, 0.15) is 38.4 Å². The van der Waals surface area contributed by atoms with Gasteiger partial charge in [0.25, 0.3) is 0 Å². The number of fused-ring (bicyclic) bond motifs is 1. The second-order valence-corrected chi connectivity index (χ2v) is 6.05. The van der Waals surface area contributed by atoms with Crippen molar-refractivity contribution in [2.45, 2.75) is 45.1 Å². The summed E-state index contributed by atoms with van der Waals surface area (Å²) < 4.78 is 0. The molecule has 2 aliphatic heterocycles. The van der Waals surface area contributed by atoms with E-state index in [2.05, 4.69) is 27.1 Å². The predicted molar refractivity (Wildman–Crippen MR) is 85.3 cm³/mol. The van der Waals surface area contributed by atoms with Gasteiger partial charge in [0.05, 0.1) is 0 Å². The summed E-state index contributed by atoms with van der Waals surface area (Å²) in [6.45, 7) is 6.77. The zero-order chi connectivity index (χ0) is 14.7. The minimum Gasteiger partial charge on any atom is -0.355 e. The molecule has 1 atom stereocenters. The van der Waals surface area contributed by atoms with E-state index >= 15 is 0 Å². The molecule has 1 aromatic heterocycles. The highest BCUT2D eigenvalue weighted by molar-refractivity contribution is 5.49. The minimum absolute atomic E-state index is 0.686. The van der Waals surface area contributed by atoms with E-state index in [0.29, 0.717) is 6.04 Å². The first kappa shape index (κ1) is 14.5. The highest BCUT2D eigenvalue weighted by Gasteiger charge is 2.29. The van der Waals surface area contributed by atoms with Gasteiger partial charge in [0.2, 0.25) is 0 Å². The van der Waals surface area contributed by atoms with Gasteiger partial charge < -0.3 is 10.3 Å². The summed E-state index contributed by atoms with van der Waals surface area (Å²) in [5.74, 6) is 8.19. The van der Waals surface area contributed by atoms with Crippen LogP contribution >= 0.6 is 0 Å². The molecule has 0 aliphatic carbocycles. The van der Waals surface area contributed by atoms with Crippen molar-refractivity contribution in [3.8, 4) is 0 Å². The van der Waals surface area contributed by atoms with Gasteiger partial charge in [0.15, 0.2) is 0 Å². The molecule has 6 nitrogen and oxygen atoms in total. The number of nitrogen functional groups attached to an aromatic ring is 1. The largest absolute Gasteiger partial charge is 0.355 e. The van der Waals surface area contributed by atoms with Crippen LogP contribution in [0.3, 0.4) is 0 Å². The fourth-order valence-electron chi connectivity index (χ4n) is 3.47. The third-order valence-corrected chi connectivity index (χ3v) is 4.51. The molecule has 21 heavy (non-hydrogen) atoms. The summed E-state index contributed by atoms with van der Waals surface area (Å²) in [6.07, 6.45) is 5.79. The number of hydrogen-bond acceptors (Lipinski definition) is 6. The van der Waals surface area contributed by atoms with Gasteiger partial charge in [-0.05, 0) is 32.2 Å². The van der Waals surface area contributed by atoms with Crippen molar-refractivity contribution in [2.24, 2.45) is 5.84 Å². The summed E-state index contributed by atoms with van der Waals surface area (Å²) in [5, 5.41) is 0. The summed E-state index contributed by atoms with van der Waals surface area (Å²) in [5.41, 5.74) is 2.68. The highest BCUT2D eigenvalue weighted by Crippen LogP contribution is 2.25. The van der Waals surface area contributed by atoms with Gasteiger partial charge in [0.1, 0.15) is 17.5 Å². The molecule has 3 rings (SSSR count). The maximum absolute atomic E-state index is 5.56. The maximum Gasteiger partial charge on any atom is 0.145 e. The fraction of sp³-hybridized carbons (Fsp3) is 0.733. The molecule has 0 radical (unpaired) electrons. The van der Waals surface area contributed by atoms with Crippen molar-refractivity contribution in [2.75, 3.05) is 36.5 Å². The zero-order valence-electron chi connectivity index (χ0n) is 12.9. The van der Waals surface area contributed by atoms with Crippen LogP contribution in [0.2, 0.25) is 0 Å². The number of nitrogens with two attached hydrogens (primary N) is 1. The molecule has 0 amide bonds. The van der Waals surface area contributed by atoms with E-state index in [1.165, 1.54) is 32.4 Å². The number of aromatic nitrogens is 2. The number of nitrogens with one attached hydrogen (secondary N) is 1. The van der Waals surface area contributed by atoms with Crippen LogP contribution in [0.25, 0.3) is 0 Å². The molecule has 3 N–H and O–H groups in total. The van der Waals surface area contributed by atoms with Gasteiger partial charge in [0, 0.05) is 38.2 Å². The van der Waals surface area contributed by atoms with E-state index in [0.717, 1.165) is 43.4 Å². The minimum atomic E-state index is 0.686. The second kappa shape index (κ2) is 6.58. The van der Waals surface area contributed by atoms with Gasteiger partial charge in [-0.25, -0.2) is 15.8 Å². The van der Waals surface area contributed by atoms with Crippen molar-refractivity contribution in [1.29, 1.82) is 0 Å². The number of aryl methyl sites for hydroxylation is 1. The number of hydrogen-bond donors (Lipinski definition) is 2.